The summed E-state index contributed by atoms with van der Waals surface area (Å²) in [5.41, 5.74) is 4.27. The highest BCUT2D eigenvalue weighted by Gasteiger charge is 2.46. The van der Waals surface area contributed by atoms with Crippen LogP contribution in [0.5, 0.6) is 17.2 Å². The number of para-hydroxylation sites is 2. The largest absolute Gasteiger partial charge is 0.493 e. The minimum Gasteiger partial charge on any atom is -0.493 e. The predicted molar refractivity (Wildman–Crippen MR) is 196 cm³/mol. The fourth-order valence-electron chi connectivity index (χ4n) is 7.25. The number of ether oxygens (including phenoxy) is 4. The Hall–Kier alpha value is -3.99. The van der Waals surface area contributed by atoms with Gasteiger partial charge in [0.2, 0.25) is 17.6 Å². The molecule has 11 heteroatoms. The van der Waals surface area contributed by atoms with Gasteiger partial charge in [0.05, 0.1) is 45.4 Å². The molecule has 6 rings (SSSR count). The van der Waals surface area contributed by atoms with Crippen LogP contribution < -0.4 is 19.1 Å². The van der Waals surface area contributed by atoms with Crippen molar-refractivity contribution in [2.45, 2.75) is 38.1 Å². The molecule has 2 aliphatic rings. The minimum absolute atomic E-state index is 0. The van der Waals surface area contributed by atoms with Gasteiger partial charge in [-0.1, -0.05) is 42.5 Å². The number of fused-ring (bicyclic) bond motifs is 1. The molecule has 3 aromatic carbocycles. The fraction of sp³-hybridized carbons (Fsp3) is 0.474. The van der Waals surface area contributed by atoms with Gasteiger partial charge in [0.25, 0.3) is 0 Å². The lowest BCUT2D eigenvalue weighted by Gasteiger charge is -2.51. The number of likely N-dealkylation sites (tertiary alicyclic amines) is 1. The number of anilines is 1. The summed E-state index contributed by atoms with van der Waals surface area (Å²) >= 11 is 0. The molecule has 264 valence electrons. The molecular weight excluding hydrogens is 642 g/mol. The van der Waals surface area contributed by atoms with Crippen molar-refractivity contribution in [2.75, 3.05) is 85.3 Å². The molecule has 1 amide bonds. The van der Waals surface area contributed by atoms with E-state index in [1.54, 1.807) is 21.3 Å². The molecular formula is C38H50ClN5O5. The number of nitrogens with zero attached hydrogens (tertiary/aromatic N) is 5. The van der Waals surface area contributed by atoms with Crippen LogP contribution in [0.2, 0.25) is 0 Å². The molecule has 0 N–H and O–H groups in total. The maximum atomic E-state index is 13.5. The van der Waals surface area contributed by atoms with E-state index in [1.165, 1.54) is 5.56 Å². The van der Waals surface area contributed by atoms with Crippen LogP contribution in [0, 0.1) is 0 Å². The Morgan fingerprint density at radius 2 is 1.57 bits per heavy atom. The van der Waals surface area contributed by atoms with Gasteiger partial charge in [-0.25, -0.2) is 4.98 Å². The van der Waals surface area contributed by atoms with Gasteiger partial charge < -0.3 is 38.2 Å². The van der Waals surface area contributed by atoms with Crippen LogP contribution in [0.1, 0.15) is 30.9 Å². The smallest absolute Gasteiger partial charge is 0.227 e. The number of halogens is 1. The number of benzene rings is 3. The summed E-state index contributed by atoms with van der Waals surface area (Å²) in [5, 5.41) is 0. The zero-order chi connectivity index (χ0) is 33.5. The van der Waals surface area contributed by atoms with Gasteiger partial charge in [-0.2, -0.15) is 0 Å². The Morgan fingerprint density at radius 3 is 2.27 bits per heavy atom. The second-order valence-corrected chi connectivity index (χ2v) is 12.8. The van der Waals surface area contributed by atoms with Crippen molar-refractivity contribution in [2.24, 2.45) is 0 Å². The first-order chi connectivity index (χ1) is 23.5. The summed E-state index contributed by atoms with van der Waals surface area (Å²) in [6.45, 7) is 10.5. The zero-order valence-electron chi connectivity index (χ0n) is 29.2. The Morgan fingerprint density at radius 1 is 0.857 bits per heavy atom. The number of carbonyl (C=O) groups is 1. The van der Waals surface area contributed by atoms with Crippen LogP contribution in [0.3, 0.4) is 0 Å². The van der Waals surface area contributed by atoms with Crippen molar-refractivity contribution in [1.82, 2.24) is 19.4 Å². The predicted octanol–water partition coefficient (Wildman–Crippen LogP) is 5.45. The first-order valence-corrected chi connectivity index (χ1v) is 17.1. The van der Waals surface area contributed by atoms with Gasteiger partial charge in [0, 0.05) is 51.3 Å². The topological polar surface area (TPSA) is 81.5 Å². The van der Waals surface area contributed by atoms with Crippen molar-refractivity contribution in [3.05, 3.63) is 77.9 Å². The first kappa shape index (κ1) is 36.3. The third-order valence-electron chi connectivity index (χ3n) is 9.88. The van der Waals surface area contributed by atoms with Crippen LogP contribution in [0.15, 0.2) is 66.7 Å². The van der Waals surface area contributed by atoms with Gasteiger partial charge in [-0.15, -0.1) is 12.4 Å². The Balaban J connectivity index is 0.00000468. The van der Waals surface area contributed by atoms with E-state index in [9.17, 15) is 4.79 Å². The van der Waals surface area contributed by atoms with E-state index in [0.717, 1.165) is 74.7 Å². The molecule has 1 aromatic heterocycles. The number of hydrogen-bond donors (Lipinski definition) is 0. The van der Waals surface area contributed by atoms with Crippen LogP contribution in [-0.4, -0.2) is 106 Å². The summed E-state index contributed by atoms with van der Waals surface area (Å²) in [6, 6.07) is 22.8. The standard InChI is InChI=1S/C38H49N5O5.ClH/c1-5-48-23-22-43-32-15-10-9-14-31(32)39-37(43)41-18-11-17-40(20-21-41)19-16-38(30-12-7-6-8-13-30)27-42(28-38)35(44)26-29-24-33(45-2)36(47-4)34(25-29)46-3;/h6-10,12-15,24-25H,5,11,16-23,26-28H2,1-4H3;1H. The van der Waals surface area contributed by atoms with E-state index in [4.69, 9.17) is 23.9 Å². The lowest BCUT2D eigenvalue weighted by Crippen LogP contribution is -2.62. The quantitative estimate of drug-likeness (QED) is 0.162. The van der Waals surface area contributed by atoms with E-state index >= 15 is 0 Å². The van der Waals surface area contributed by atoms with E-state index in [-0.39, 0.29) is 30.2 Å². The van der Waals surface area contributed by atoms with E-state index < -0.39 is 0 Å². The molecule has 4 aromatic rings. The highest BCUT2D eigenvalue weighted by molar-refractivity contribution is 5.85. The van der Waals surface area contributed by atoms with E-state index in [2.05, 4.69) is 69.0 Å². The number of aromatic nitrogens is 2. The lowest BCUT2D eigenvalue weighted by atomic mass is 9.71. The molecule has 10 nitrogen and oxygen atoms in total. The van der Waals surface area contributed by atoms with E-state index in [0.29, 0.717) is 43.6 Å². The van der Waals surface area contributed by atoms with Crippen molar-refractivity contribution in [1.29, 1.82) is 0 Å². The highest BCUT2D eigenvalue weighted by atomic mass is 35.5. The molecule has 0 spiro atoms. The number of carbonyl (C=O) groups excluding carboxylic acids is 1. The van der Waals surface area contributed by atoms with Crippen molar-refractivity contribution < 1.29 is 23.7 Å². The first-order valence-electron chi connectivity index (χ1n) is 17.1. The van der Waals surface area contributed by atoms with E-state index in [1.807, 2.05) is 24.0 Å². The average molecular weight is 692 g/mol. The molecule has 2 saturated heterocycles. The Kier molecular flexibility index (Phi) is 12.3. The molecule has 0 aliphatic carbocycles. The monoisotopic (exact) mass is 691 g/mol. The molecule has 0 atom stereocenters. The summed E-state index contributed by atoms with van der Waals surface area (Å²) in [5.74, 6) is 2.79. The maximum Gasteiger partial charge on any atom is 0.227 e. The SMILES string of the molecule is CCOCCn1c(N2CCCN(CCC3(c4ccccc4)CN(C(=O)Cc4cc(OC)c(OC)c(OC)c4)C3)CC2)nc2ccccc21.Cl. The highest BCUT2D eigenvalue weighted by Crippen LogP contribution is 2.41. The third-order valence-corrected chi connectivity index (χ3v) is 9.88. The van der Waals surface area contributed by atoms with Crippen LogP contribution in [0.4, 0.5) is 5.95 Å². The van der Waals surface area contributed by atoms with Crippen LogP contribution in [0.25, 0.3) is 11.0 Å². The van der Waals surface area contributed by atoms with Gasteiger partial charge in [-0.05, 0) is 68.2 Å². The van der Waals surface area contributed by atoms with Crippen LogP contribution in [-0.2, 0) is 27.9 Å². The number of hydrogen-bond acceptors (Lipinski definition) is 8. The molecule has 0 bridgehead atoms. The summed E-state index contributed by atoms with van der Waals surface area (Å²) in [6.07, 6.45) is 2.35. The second-order valence-electron chi connectivity index (χ2n) is 12.8. The molecule has 0 radical (unpaired) electrons. The molecule has 0 saturated carbocycles. The number of imidazole rings is 1. The van der Waals surface area contributed by atoms with Gasteiger partial charge in [-0.3, -0.25) is 4.79 Å². The third kappa shape index (κ3) is 7.92. The number of amides is 1. The summed E-state index contributed by atoms with van der Waals surface area (Å²) in [4.78, 5) is 25.7. The van der Waals surface area contributed by atoms with Crippen molar-refractivity contribution >= 4 is 35.3 Å². The second kappa shape index (κ2) is 16.6. The fourth-order valence-corrected chi connectivity index (χ4v) is 7.25. The normalized spacial score (nSPS) is 16.1. The molecule has 0 unspecified atom stereocenters. The average Bonchev–Trinajstić information content (AvgIpc) is 3.29. The summed E-state index contributed by atoms with van der Waals surface area (Å²) < 4.78 is 24.5. The molecule has 49 heavy (non-hydrogen) atoms. The number of methoxy groups -OCH3 is 3. The Bertz CT molecular complexity index is 1650. The molecule has 3 heterocycles. The Labute approximate surface area is 296 Å². The minimum atomic E-state index is -0.0640. The molecule has 2 fully saturated rings. The van der Waals surface area contributed by atoms with Gasteiger partial charge in [0.15, 0.2) is 11.5 Å². The maximum absolute atomic E-state index is 13.5. The zero-order valence-corrected chi connectivity index (χ0v) is 30.0. The van der Waals surface area contributed by atoms with Gasteiger partial charge >= 0.3 is 0 Å². The summed E-state index contributed by atoms with van der Waals surface area (Å²) in [7, 11) is 4.77. The number of rotatable bonds is 14. The lowest BCUT2D eigenvalue weighted by molar-refractivity contribution is -0.138. The van der Waals surface area contributed by atoms with Gasteiger partial charge in [0.1, 0.15) is 0 Å². The molecule has 2 aliphatic heterocycles. The van der Waals surface area contributed by atoms with Crippen LogP contribution >= 0.6 is 12.4 Å². The van der Waals surface area contributed by atoms with Crippen molar-refractivity contribution in [3.63, 3.8) is 0 Å². The van der Waals surface area contributed by atoms with Crippen molar-refractivity contribution in [3.8, 4) is 17.2 Å².